The number of nitrogens with zero attached hydrogens (tertiary/aromatic N) is 3. The normalized spacial score (nSPS) is 22.7. The number of aryl methyl sites for hydroxylation is 1. The third-order valence-corrected chi connectivity index (χ3v) is 3.27. The molecule has 2 atom stereocenters. The lowest BCUT2D eigenvalue weighted by atomic mass is 10.1. The highest BCUT2D eigenvalue weighted by atomic mass is 16.5. The van der Waals surface area contributed by atoms with Crippen molar-refractivity contribution in [3.05, 3.63) is 23.8 Å². The van der Waals surface area contributed by atoms with Crippen LogP contribution in [0.15, 0.2) is 12.4 Å². The molecule has 2 heterocycles. The molecule has 1 aliphatic rings. The molecule has 98 valence electrons. The predicted molar refractivity (Wildman–Crippen MR) is 64.1 cm³/mol. The quantitative estimate of drug-likeness (QED) is 0.849. The van der Waals surface area contributed by atoms with Gasteiger partial charge >= 0.3 is 5.97 Å². The van der Waals surface area contributed by atoms with Gasteiger partial charge in [-0.15, -0.1) is 0 Å². The van der Waals surface area contributed by atoms with Crippen LogP contribution < -0.4 is 0 Å². The van der Waals surface area contributed by atoms with Crippen molar-refractivity contribution in [1.82, 2.24) is 14.9 Å². The number of hydrogen-bond acceptors (Lipinski definition) is 5. The summed E-state index contributed by atoms with van der Waals surface area (Å²) in [5, 5.41) is 9.22. The minimum Gasteiger partial charge on any atom is -0.480 e. The summed E-state index contributed by atoms with van der Waals surface area (Å²) in [7, 11) is 0. The Labute approximate surface area is 106 Å². The fourth-order valence-corrected chi connectivity index (χ4v) is 2.28. The van der Waals surface area contributed by atoms with Crippen LogP contribution in [0.2, 0.25) is 0 Å². The molecule has 1 aromatic heterocycles. The smallest absolute Gasteiger partial charge is 0.323 e. The molecule has 0 spiro atoms. The molecule has 0 aromatic carbocycles. The van der Waals surface area contributed by atoms with Gasteiger partial charge in [0, 0.05) is 18.9 Å². The highest BCUT2D eigenvalue weighted by Crippen LogP contribution is 2.24. The second kappa shape index (κ2) is 5.41. The molecule has 0 saturated carbocycles. The van der Waals surface area contributed by atoms with Gasteiger partial charge in [0.1, 0.15) is 6.04 Å². The zero-order valence-electron chi connectivity index (χ0n) is 10.5. The first-order valence-electron chi connectivity index (χ1n) is 5.95. The van der Waals surface area contributed by atoms with Gasteiger partial charge in [0.05, 0.1) is 30.6 Å². The molecule has 1 aliphatic heterocycles. The van der Waals surface area contributed by atoms with E-state index in [1.807, 2.05) is 18.7 Å². The van der Waals surface area contributed by atoms with Crippen molar-refractivity contribution < 1.29 is 14.6 Å². The van der Waals surface area contributed by atoms with E-state index in [2.05, 4.69) is 9.97 Å². The Morgan fingerprint density at radius 1 is 1.56 bits per heavy atom. The fraction of sp³-hybridized carbons (Fsp3) is 0.583. The van der Waals surface area contributed by atoms with E-state index in [-0.39, 0.29) is 12.6 Å². The number of carbonyl (C=O) groups is 1. The van der Waals surface area contributed by atoms with E-state index in [1.54, 1.807) is 12.4 Å². The maximum absolute atomic E-state index is 11.2. The van der Waals surface area contributed by atoms with Gasteiger partial charge < -0.3 is 9.84 Å². The minimum atomic E-state index is -0.858. The topological polar surface area (TPSA) is 75.5 Å². The third kappa shape index (κ3) is 2.49. The predicted octanol–water partition coefficient (Wildman–Crippen LogP) is 0.631. The number of carboxylic acids is 1. The van der Waals surface area contributed by atoms with E-state index >= 15 is 0 Å². The molecule has 0 amide bonds. The van der Waals surface area contributed by atoms with Crippen LogP contribution in [0.3, 0.4) is 0 Å². The van der Waals surface area contributed by atoms with Gasteiger partial charge in [0.15, 0.2) is 0 Å². The number of aromatic nitrogens is 2. The number of ether oxygens (including phenoxy) is 1. The Morgan fingerprint density at radius 2 is 2.28 bits per heavy atom. The summed E-state index contributed by atoms with van der Waals surface area (Å²) in [6.45, 7) is 5.20. The van der Waals surface area contributed by atoms with Gasteiger partial charge in [0.25, 0.3) is 0 Å². The Bertz CT molecular complexity index is 438. The number of aliphatic carboxylic acids is 1. The first-order valence-corrected chi connectivity index (χ1v) is 5.95. The lowest BCUT2D eigenvalue weighted by molar-refractivity contribution is -0.151. The second-order valence-electron chi connectivity index (χ2n) is 4.37. The van der Waals surface area contributed by atoms with Gasteiger partial charge in [-0.3, -0.25) is 19.7 Å². The Hall–Kier alpha value is -1.53. The maximum Gasteiger partial charge on any atom is 0.323 e. The van der Waals surface area contributed by atoms with Crippen LogP contribution in [0.5, 0.6) is 0 Å². The molecular weight excluding hydrogens is 234 g/mol. The number of carboxylic acid groups (broad SMARTS) is 1. The van der Waals surface area contributed by atoms with Gasteiger partial charge in [-0.25, -0.2) is 0 Å². The van der Waals surface area contributed by atoms with Crippen molar-refractivity contribution in [2.24, 2.45) is 0 Å². The van der Waals surface area contributed by atoms with Crippen LogP contribution in [-0.4, -0.2) is 51.7 Å². The van der Waals surface area contributed by atoms with E-state index in [9.17, 15) is 9.90 Å². The highest BCUT2D eigenvalue weighted by molar-refractivity contribution is 5.73. The number of morpholine rings is 1. The fourth-order valence-electron chi connectivity index (χ4n) is 2.28. The Balaban J connectivity index is 2.23. The molecule has 18 heavy (non-hydrogen) atoms. The van der Waals surface area contributed by atoms with Crippen LogP contribution in [0.4, 0.5) is 0 Å². The average Bonchev–Trinajstić information content (AvgIpc) is 2.38. The molecule has 6 nitrogen and oxygen atoms in total. The summed E-state index contributed by atoms with van der Waals surface area (Å²) in [6.07, 6.45) is 3.27. The molecule has 1 aromatic rings. The van der Waals surface area contributed by atoms with Gasteiger partial charge in [-0.05, 0) is 13.8 Å². The van der Waals surface area contributed by atoms with Crippen molar-refractivity contribution in [1.29, 1.82) is 0 Å². The molecule has 0 bridgehead atoms. The zero-order valence-corrected chi connectivity index (χ0v) is 10.5. The van der Waals surface area contributed by atoms with E-state index in [0.717, 1.165) is 11.4 Å². The first kappa shape index (κ1) is 12.9. The largest absolute Gasteiger partial charge is 0.480 e. The molecule has 2 unspecified atom stereocenters. The second-order valence-corrected chi connectivity index (χ2v) is 4.37. The van der Waals surface area contributed by atoms with Crippen LogP contribution in [-0.2, 0) is 9.53 Å². The zero-order chi connectivity index (χ0) is 13.1. The van der Waals surface area contributed by atoms with Crippen LogP contribution in [0.25, 0.3) is 0 Å². The number of rotatable bonds is 3. The summed E-state index contributed by atoms with van der Waals surface area (Å²) >= 11 is 0. The molecular formula is C12H17N3O3. The molecule has 1 saturated heterocycles. The van der Waals surface area contributed by atoms with E-state index in [0.29, 0.717) is 13.2 Å². The number of hydrogen-bond donors (Lipinski definition) is 1. The highest BCUT2D eigenvalue weighted by Gasteiger charge is 2.34. The standard InChI is InChI=1S/C12H17N3O3/c1-8-11(14-4-3-13-8)9(2)15-5-6-18-7-10(15)12(16)17/h3-4,9-10H,5-7H2,1-2H3,(H,16,17). The summed E-state index contributed by atoms with van der Waals surface area (Å²) < 4.78 is 5.23. The van der Waals surface area contributed by atoms with Gasteiger partial charge in [0.2, 0.25) is 0 Å². The van der Waals surface area contributed by atoms with Crippen LogP contribution in [0.1, 0.15) is 24.4 Å². The van der Waals surface area contributed by atoms with Crippen LogP contribution >= 0.6 is 0 Å². The SMILES string of the molecule is Cc1nccnc1C(C)N1CCOCC1C(=O)O. The van der Waals surface area contributed by atoms with Crippen LogP contribution in [0, 0.1) is 6.92 Å². The van der Waals surface area contributed by atoms with Crippen molar-refractivity contribution in [3.8, 4) is 0 Å². The van der Waals surface area contributed by atoms with Crippen molar-refractivity contribution in [2.75, 3.05) is 19.8 Å². The molecule has 1 fully saturated rings. The summed E-state index contributed by atoms with van der Waals surface area (Å²) in [5.41, 5.74) is 1.66. The average molecular weight is 251 g/mol. The van der Waals surface area contributed by atoms with E-state index in [1.165, 1.54) is 0 Å². The Morgan fingerprint density at radius 3 is 2.94 bits per heavy atom. The first-order chi connectivity index (χ1) is 8.61. The molecule has 0 aliphatic carbocycles. The van der Waals surface area contributed by atoms with E-state index in [4.69, 9.17) is 4.74 Å². The lowest BCUT2D eigenvalue weighted by Crippen LogP contribution is -2.51. The summed E-state index contributed by atoms with van der Waals surface area (Å²) in [6, 6.07) is -0.696. The monoisotopic (exact) mass is 251 g/mol. The molecule has 2 rings (SSSR count). The van der Waals surface area contributed by atoms with E-state index < -0.39 is 12.0 Å². The Kier molecular flexibility index (Phi) is 3.88. The summed E-state index contributed by atoms with van der Waals surface area (Å²) in [5.74, 6) is -0.858. The maximum atomic E-state index is 11.2. The summed E-state index contributed by atoms with van der Waals surface area (Å²) in [4.78, 5) is 21.6. The lowest BCUT2D eigenvalue weighted by Gasteiger charge is -2.37. The van der Waals surface area contributed by atoms with Gasteiger partial charge in [-0.1, -0.05) is 0 Å². The minimum absolute atomic E-state index is 0.0799. The molecule has 0 radical (unpaired) electrons. The van der Waals surface area contributed by atoms with Crippen molar-refractivity contribution in [2.45, 2.75) is 25.9 Å². The van der Waals surface area contributed by atoms with Crippen molar-refractivity contribution in [3.63, 3.8) is 0 Å². The molecule has 6 heteroatoms. The van der Waals surface area contributed by atoms with Gasteiger partial charge in [-0.2, -0.15) is 0 Å². The third-order valence-electron chi connectivity index (χ3n) is 3.27. The van der Waals surface area contributed by atoms with Crippen molar-refractivity contribution >= 4 is 5.97 Å². The molecule has 1 N–H and O–H groups in total.